The lowest BCUT2D eigenvalue weighted by Crippen LogP contribution is -2.25. The molecule has 19 heavy (non-hydrogen) atoms. The molecule has 0 aliphatic carbocycles. The van der Waals surface area contributed by atoms with Crippen molar-refractivity contribution in [3.8, 4) is 0 Å². The van der Waals surface area contributed by atoms with Gasteiger partial charge in [-0.15, -0.1) is 0 Å². The van der Waals surface area contributed by atoms with Crippen molar-refractivity contribution in [2.45, 2.75) is 25.3 Å². The Morgan fingerprint density at radius 3 is 2.58 bits per heavy atom. The fourth-order valence-electron chi connectivity index (χ4n) is 1.92. The second-order valence-corrected chi connectivity index (χ2v) is 4.57. The van der Waals surface area contributed by atoms with E-state index in [9.17, 15) is 4.79 Å². The maximum absolute atomic E-state index is 10.8. The van der Waals surface area contributed by atoms with E-state index in [0.29, 0.717) is 13.2 Å². The third kappa shape index (κ3) is 6.22. The van der Waals surface area contributed by atoms with Gasteiger partial charge in [-0.25, -0.2) is 0 Å². The third-order valence-electron chi connectivity index (χ3n) is 2.83. The van der Waals surface area contributed by atoms with Crippen LogP contribution in [-0.2, 0) is 16.0 Å². The molecule has 0 radical (unpaired) electrons. The Bertz CT molecular complexity index is 379. The smallest absolute Gasteiger partial charge is 0.221 e. The van der Waals surface area contributed by atoms with Gasteiger partial charge < -0.3 is 21.5 Å². The maximum Gasteiger partial charge on any atom is 0.221 e. The first kappa shape index (κ1) is 15.5. The minimum atomic E-state index is -0.319. The number of rotatable bonds is 9. The average molecular weight is 265 g/mol. The zero-order chi connectivity index (χ0) is 14.1. The number of methoxy groups -OCH3 is 1. The molecule has 0 saturated carbocycles. The van der Waals surface area contributed by atoms with E-state index in [1.807, 2.05) is 24.3 Å². The van der Waals surface area contributed by atoms with Gasteiger partial charge in [0.15, 0.2) is 0 Å². The number of nitrogens with one attached hydrogen (secondary N) is 1. The van der Waals surface area contributed by atoms with Gasteiger partial charge in [-0.2, -0.15) is 0 Å². The lowest BCUT2D eigenvalue weighted by molar-refractivity contribution is -0.117. The molecule has 5 nitrogen and oxygen atoms in total. The number of anilines is 1. The fourth-order valence-corrected chi connectivity index (χ4v) is 1.92. The number of nitrogens with two attached hydrogens (primary N) is 2. The summed E-state index contributed by atoms with van der Waals surface area (Å²) in [6, 6.07) is 7.95. The summed E-state index contributed by atoms with van der Waals surface area (Å²) in [7, 11) is 1.69. The van der Waals surface area contributed by atoms with Crippen LogP contribution < -0.4 is 16.8 Å². The van der Waals surface area contributed by atoms with Gasteiger partial charge in [0.05, 0.1) is 13.0 Å². The largest absolute Gasteiger partial charge is 0.383 e. The Balaban J connectivity index is 2.55. The molecule has 1 rings (SSSR count). The van der Waals surface area contributed by atoms with E-state index in [1.54, 1.807) is 7.11 Å². The monoisotopic (exact) mass is 265 g/mol. The van der Waals surface area contributed by atoms with Crippen LogP contribution in [-0.4, -0.2) is 32.2 Å². The molecule has 5 heteroatoms. The number of primary amides is 1. The molecule has 1 aromatic carbocycles. The van der Waals surface area contributed by atoms with Crippen molar-refractivity contribution in [1.82, 2.24) is 0 Å². The van der Waals surface area contributed by atoms with Gasteiger partial charge >= 0.3 is 0 Å². The number of carbonyl (C=O) groups excluding carboxylic acids is 1. The predicted molar refractivity (Wildman–Crippen MR) is 76.9 cm³/mol. The number of hydrogen-bond donors (Lipinski definition) is 3. The van der Waals surface area contributed by atoms with Crippen molar-refractivity contribution in [3.63, 3.8) is 0 Å². The van der Waals surface area contributed by atoms with Crippen LogP contribution in [0.5, 0.6) is 0 Å². The summed E-state index contributed by atoms with van der Waals surface area (Å²) in [6.45, 7) is 1.32. The molecule has 0 spiro atoms. The number of ether oxygens (including phenoxy) is 1. The molecule has 0 heterocycles. The molecular formula is C14H23N3O2. The molecule has 1 aromatic rings. The third-order valence-corrected chi connectivity index (χ3v) is 2.83. The summed E-state index contributed by atoms with van der Waals surface area (Å²) < 4.78 is 5.19. The predicted octanol–water partition coefficient (Wildman–Crippen LogP) is 0.880. The zero-order valence-corrected chi connectivity index (χ0v) is 11.4. The van der Waals surface area contributed by atoms with E-state index >= 15 is 0 Å². The Hall–Kier alpha value is -1.59. The number of benzene rings is 1. The van der Waals surface area contributed by atoms with E-state index < -0.39 is 0 Å². The lowest BCUT2D eigenvalue weighted by Gasteiger charge is -2.19. The molecule has 1 unspecified atom stereocenters. The van der Waals surface area contributed by atoms with Gasteiger partial charge in [0, 0.05) is 18.8 Å². The van der Waals surface area contributed by atoms with E-state index in [4.69, 9.17) is 16.2 Å². The lowest BCUT2D eigenvalue weighted by atomic mass is 10.1. The van der Waals surface area contributed by atoms with Crippen molar-refractivity contribution < 1.29 is 9.53 Å². The topological polar surface area (TPSA) is 90.4 Å². The van der Waals surface area contributed by atoms with Crippen molar-refractivity contribution in [2.75, 3.05) is 25.6 Å². The van der Waals surface area contributed by atoms with Crippen LogP contribution in [0, 0.1) is 0 Å². The first-order chi connectivity index (χ1) is 9.15. The highest BCUT2D eigenvalue weighted by Gasteiger charge is 2.08. The second-order valence-electron chi connectivity index (χ2n) is 4.57. The Labute approximate surface area is 114 Å². The molecule has 5 N–H and O–H groups in total. The Kier molecular flexibility index (Phi) is 6.92. The van der Waals surface area contributed by atoms with Crippen molar-refractivity contribution in [1.29, 1.82) is 0 Å². The number of carbonyl (C=O) groups is 1. The molecule has 0 saturated heterocycles. The highest BCUT2D eigenvalue weighted by Crippen LogP contribution is 2.13. The Morgan fingerprint density at radius 1 is 1.37 bits per heavy atom. The van der Waals surface area contributed by atoms with Crippen molar-refractivity contribution in [2.24, 2.45) is 11.5 Å². The van der Waals surface area contributed by atoms with Crippen LogP contribution in [0.4, 0.5) is 5.69 Å². The molecule has 0 aromatic heterocycles. The normalized spacial score (nSPS) is 12.1. The maximum atomic E-state index is 10.8. The molecule has 0 bridgehead atoms. The van der Waals surface area contributed by atoms with Gasteiger partial charge in [-0.3, -0.25) is 4.79 Å². The minimum absolute atomic E-state index is 0.246. The van der Waals surface area contributed by atoms with Crippen LogP contribution >= 0.6 is 0 Å². The van der Waals surface area contributed by atoms with Crippen LogP contribution in [0.25, 0.3) is 0 Å². The van der Waals surface area contributed by atoms with E-state index in [2.05, 4.69) is 5.32 Å². The summed E-state index contributed by atoms with van der Waals surface area (Å²) in [5.41, 5.74) is 12.6. The Morgan fingerprint density at radius 2 is 2.05 bits per heavy atom. The number of amides is 1. The molecule has 0 aliphatic rings. The van der Waals surface area contributed by atoms with Gasteiger partial charge in [-0.1, -0.05) is 12.1 Å². The summed E-state index contributed by atoms with van der Waals surface area (Å²) in [4.78, 5) is 10.8. The van der Waals surface area contributed by atoms with Gasteiger partial charge in [-0.05, 0) is 37.1 Å². The van der Waals surface area contributed by atoms with E-state index in [1.165, 1.54) is 0 Å². The zero-order valence-electron chi connectivity index (χ0n) is 11.4. The van der Waals surface area contributed by atoms with Crippen molar-refractivity contribution in [3.05, 3.63) is 29.8 Å². The van der Waals surface area contributed by atoms with Gasteiger partial charge in [0.1, 0.15) is 0 Å². The first-order valence-corrected chi connectivity index (χ1v) is 6.48. The molecule has 0 fully saturated rings. The minimum Gasteiger partial charge on any atom is -0.383 e. The number of hydrogen-bond acceptors (Lipinski definition) is 4. The van der Waals surface area contributed by atoms with Gasteiger partial charge in [0.2, 0.25) is 5.91 Å². The summed E-state index contributed by atoms with van der Waals surface area (Å²) in [5.74, 6) is -0.319. The summed E-state index contributed by atoms with van der Waals surface area (Å²) in [5, 5.41) is 3.40. The van der Waals surface area contributed by atoms with E-state index in [0.717, 1.165) is 24.1 Å². The highest BCUT2D eigenvalue weighted by molar-refractivity contribution is 5.76. The van der Waals surface area contributed by atoms with E-state index in [-0.39, 0.29) is 18.4 Å². The van der Waals surface area contributed by atoms with Crippen LogP contribution in [0.15, 0.2) is 24.3 Å². The molecule has 106 valence electrons. The fraction of sp³-hybridized carbons (Fsp3) is 0.500. The van der Waals surface area contributed by atoms with Crippen molar-refractivity contribution >= 4 is 11.6 Å². The first-order valence-electron chi connectivity index (χ1n) is 6.48. The molecule has 1 atom stereocenters. The quantitative estimate of drug-likeness (QED) is 0.618. The summed E-state index contributed by atoms with van der Waals surface area (Å²) in [6.07, 6.45) is 2.20. The second kappa shape index (κ2) is 8.50. The molecule has 1 amide bonds. The highest BCUT2D eigenvalue weighted by atomic mass is 16.5. The van der Waals surface area contributed by atoms with Crippen LogP contribution in [0.3, 0.4) is 0 Å². The standard InChI is InChI=1S/C14H23N3O2/c1-19-10-13(3-2-8-15)17-12-6-4-11(5-7-12)9-14(16)18/h4-7,13,17H,2-3,8-10,15H2,1H3,(H2,16,18). The van der Waals surface area contributed by atoms with Crippen LogP contribution in [0.1, 0.15) is 18.4 Å². The van der Waals surface area contributed by atoms with Crippen LogP contribution in [0.2, 0.25) is 0 Å². The molecule has 0 aliphatic heterocycles. The van der Waals surface area contributed by atoms with Gasteiger partial charge in [0.25, 0.3) is 0 Å². The SMILES string of the molecule is COCC(CCCN)Nc1ccc(CC(N)=O)cc1. The summed E-state index contributed by atoms with van der Waals surface area (Å²) >= 11 is 0. The average Bonchev–Trinajstić information content (AvgIpc) is 2.38. The molecular weight excluding hydrogens is 242 g/mol.